The Labute approximate surface area is 195 Å². The highest BCUT2D eigenvalue weighted by molar-refractivity contribution is 7.99. The number of thioether (sulfide) groups is 1. The Morgan fingerprint density at radius 3 is 2.48 bits per heavy atom. The Morgan fingerprint density at radius 1 is 1.12 bits per heavy atom. The van der Waals surface area contributed by atoms with Gasteiger partial charge in [0.1, 0.15) is 0 Å². The van der Waals surface area contributed by atoms with Crippen LogP contribution in [0.4, 0.5) is 10.5 Å². The fourth-order valence-corrected chi connectivity index (χ4v) is 6.87. The zero-order valence-electron chi connectivity index (χ0n) is 18.4. The number of amides is 4. The lowest BCUT2D eigenvalue weighted by Crippen LogP contribution is -2.61. The molecule has 2 aromatic rings. The molecule has 11 heteroatoms. The van der Waals surface area contributed by atoms with Crippen LogP contribution < -0.4 is 16.0 Å². The normalized spacial score (nSPS) is 27.2. The van der Waals surface area contributed by atoms with Crippen LogP contribution in [0.2, 0.25) is 0 Å². The summed E-state index contributed by atoms with van der Waals surface area (Å²) in [6, 6.07) is 6.66. The summed E-state index contributed by atoms with van der Waals surface area (Å²) in [5.74, 6) is 1.56. The van der Waals surface area contributed by atoms with E-state index in [1.165, 1.54) is 30.9 Å². The van der Waals surface area contributed by atoms with E-state index >= 15 is 0 Å². The average Bonchev–Trinajstić information content (AvgIpc) is 3.19. The van der Waals surface area contributed by atoms with Gasteiger partial charge in [-0.25, -0.2) is 4.79 Å². The fourth-order valence-electron chi connectivity index (χ4n) is 6.18. The van der Waals surface area contributed by atoms with Crippen LogP contribution in [0, 0.1) is 17.8 Å². The van der Waals surface area contributed by atoms with Crippen molar-refractivity contribution in [2.45, 2.75) is 56.1 Å². The van der Waals surface area contributed by atoms with E-state index in [-0.39, 0.29) is 17.2 Å². The number of hydrogen-bond donors (Lipinski definition) is 3. The summed E-state index contributed by atoms with van der Waals surface area (Å²) >= 11 is 1.14. The molecule has 1 heterocycles. The minimum absolute atomic E-state index is 0.0000545. The Hall–Kier alpha value is -2.95. The number of aromatic nitrogens is 4. The summed E-state index contributed by atoms with van der Waals surface area (Å²) in [5.41, 5.74) is 1.12. The Morgan fingerprint density at radius 2 is 1.82 bits per heavy atom. The molecule has 4 bridgehead atoms. The standard InChI is InChI=1S/C22H27N7O3S/c1-13(30)23-17-3-2-4-18(8-17)29-21(26-27-28-29)33-12-19(31)24-20(32)25-22-9-14-5-15(10-22)7-16(6-14)11-22/h2-4,8,14-16H,5-7,9-12H2,1H3,(H,23,30)(H2,24,25,31,32). The fraction of sp³-hybridized carbons (Fsp3) is 0.545. The maximum Gasteiger partial charge on any atom is 0.321 e. The molecule has 0 radical (unpaired) electrons. The SMILES string of the molecule is CC(=O)Nc1cccc(-n2nnnc2SCC(=O)NC(=O)NC23CC4CC(CC(C4)C2)C3)c1. The topological polar surface area (TPSA) is 131 Å². The van der Waals surface area contributed by atoms with Crippen molar-refractivity contribution in [3.8, 4) is 5.69 Å². The average molecular weight is 470 g/mol. The second-order valence-corrected chi connectivity index (χ2v) is 10.5. The maximum absolute atomic E-state index is 12.6. The first-order valence-corrected chi connectivity index (χ1v) is 12.3. The van der Waals surface area contributed by atoms with Gasteiger partial charge in [-0.3, -0.25) is 14.9 Å². The Balaban J connectivity index is 1.16. The van der Waals surface area contributed by atoms with Crippen molar-refractivity contribution in [3.05, 3.63) is 24.3 Å². The molecule has 0 saturated heterocycles. The van der Waals surface area contributed by atoms with Gasteiger partial charge in [-0.2, -0.15) is 4.68 Å². The number of nitrogens with zero attached hydrogens (tertiary/aromatic N) is 4. The van der Waals surface area contributed by atoms with Gasteiger partial charge < -0.3 is 10.6 Å². The molecule has 1 aromatic heterocycles. The molecule has 4 aliphatic rings. The summed E-state index contributed by atoms with van der Waals surface area (Å²) in [5, 5.41) is 20.4. The number of hydrogen-bond acceptors (Lipinski definition) is 7. The molecule has 4 saturated carbocycles. The summed E-state index contributed by atoms with van der Waals surface area (Å²) in [6.07, 6.45) is 6.97. The summed E-state index contributed by atoms with van der Waals surface area (Å²) in [6.45, 7) is 1.43. The monoisotopic (exact) mass is 469 g/mol. The van der Waals surface area contributed by atoms with E-state index in [1.54, 1.807) is 24.3 Å². The third-order valence-electron chi connectivity index (χ3n) is 6.85. The lowest BCUT2D eigenvalue weighted by Gasteiger charge is -2.56. The van der Waals surface area contributed by atoms with E-state index in [0.29, 0.717) is 34.3 Å². The van der Waals surface area contributed by atoms with E-state index in [4.69, 9.17) is 0 Å². The van der Waals surface area contributed by atoms with Gasteiger partial charge in [-0.05, 0) is 84.9 Å². The number of carbonyl (C=O) groups excluding carboxylic acids is 3. The number of urea groups is 1. The summed E-state index contributed by atoms with van der Waals surface area (Å²) < 4.78 is 1.48. The molecule has 3 N–H and O–H groups in total. The number of carbonyl (C=O) groups is 3. The third kappa shape index (κ3) is 4.87. The second-order valence-electron chi connectivity index (χ2n) is 9.59. The minimum atomic E-state index is -0.412. The first-order chi connectivity index (χ1) is 15.9. The van der Waals surface area contributed by atoms with Crippen LogP contribution >= 0.6 is 11.8 Å². The Bertz CT molecular complexity index is 1050. The molecular weight excluding hydrogens is 442 g/mol. The lowest BCUT2D eigenvalue weighted by molar-refractivity contribution is -0.117. The maximum atomic E-state index is 12.6. The highest BCUT2D eigenvalue weighted by Crippen LogP contribution is 2.55. The highest BCUT2D eigenvalue weighted by Gasteiger charge is 2.51. The molecule has 0 spiro atoms. The van der Waals surface area contributed by atoms with Crippen molar-refractivity contribution in [3.63, 3.8) is 0 Å². The summed E-state index contributed by atoms with van der Waals surface area (Å²) in [7, 11) is 0. The predicted octanol–water partition coefficient (Wildman–Crippen LogP) is 2.51. The van der Waals surface area contributed by atoms with Crippen molar-refractivity contribution in [1.29, 1.82) is 0 Å². The molecular formula is C22H27N7O3S. The second kappa shape index (κ2) is 8.77. The van der Waals surface area contributed by atoms with Crippen LogP contribution in [0.3, 0.4) is 0 Å². The van der Waals surface area contributed by atoms with Gasteiger partial charge >= 0.3 is 6.03 Å². The zero-order valence-corrected chi connectivity index (χ0v) is 19.2. The van der Waals surface area contributed by atoms with Gasteiger partial charge in [0.25, 0.3) is 0 Å². The van der Waals surface area contributed by atoms with Gasteiger partial charge in [-0.1, -0.05) is 17.8 Å². The van der Waals surface area contributed by atoms with Crippen LogP contribution in [0.15, 0.2) is 29.4 Å². The summed E-state index contributed by atoms with van der Waals surface area (Å²) in [4.78, 5) is 36.3. The van der Waals surface area contributed by atoms with E-state index in [9.17, 15) is 14.4 Å². The highest BCUT2D eigenvalue weighted by atomic mass is 32.2. The van der Waals surface area contributed by atoms with E-state index in [1.807, 2.05) is 0 Å². The number of imide groups is 1. The van der Waals surface area contributed by atoms with Crippen molar-refractivity contribution < 1.29 is 14.4 Å². The molecule has 6 rings (SSSR count). The van der Waals surface area contributed by atoms with Gasteiger partial charge in [0.05, 0.1) is 11.4 Å². The Kier molecular flexibility index (Phi) is 5.81. The number of rotatable bonds is 6. The molecule has 4 fully saturated rings. The third-order valence-corrected chi connectivity index (χ3v) is 7.77. The van der Waals surface area contributed by atoms with Crippen molar-refractivity contribution >= 4 is 35.3 Å². The van der Waals surface area contributed by atoms with E-state index < -0.39 is 11.9 Å². The first kappa shape index (κ1) is 21.9. The molecule has 4 aliphatic carbocycles. The number of benzene rings is 1. The molecule has 1 aromatic carbocycles. The van der Waals surface area contributed by atoms with Gasteiger partial charge in [-0.15, -0.1) is 5.10 Å². The quantitative estimate of drug-likeness (QED) is 0.554. The largest absolute Gasteiger partial charge is 0.332 e. The zero-order chi connectivity index (χ0) is 23.0. The molecule has 0 unspecified atom stereocenters. The molecule has 33 heavy (non-hydrogen) atoms. The number of nitrogens with one attached hydrogen (secondary N) is 3. The minimum Gasteiger partial charge on any atom is -0.332 e. The molecule has 0 atom stereocenters. The van der Waals surface area contributed by atoms with Gasteiger partial charge in [0, 0.05) is 18.2 Å². The van der Waals surface area contributed by atoms with E-state index in [0.717, 1.165) is 31.0 Å². The van der Waals surface area contributed by atoms with Crippen LogP contribution in [-0.4, -0.2) is 49.3 Å². The van der Waals surface area contributed by atoms with E-state index in [2.05, 4.69) is 31.5 Å². The molecule has 4 amide bonds. The number of anilines is 1. The van der Waals surface area contributed by atoms with Crippen LogP contribution in [0.25, 0.3) is 5.69 Å². The predicted molar refractivity (Wildman–Crippen MR) is 122 cm³/mol. The van der Waals surface area contributed by atoms with Crippen LogP contribution in [-0.2, 0) is 9.59 Å². The molecule has 0 aliphatic heterocycles. The van der Waals surface area contributed by atoms with Crippen molar-refractivity contribution in [2.75, 3.05) is 11.1 Å². The van der Waals surface area contributed by atoms with Crippen LogP contribution in [0.1, 0.15) is 45.4 Å². The van der Waals surface area contributed by atoms with Gasteiger partial charge in [0.15, 0.2) is 0 Å². The van der Waals surface area contributed by atoms with Crippen molar-refractivity contribution in [2.24, 2.45) is 17.8 Å². The number of tetrazole rings is 1. The molecule has 174 valence electrons. The van der Waals surface area contributed by atoms with Crippen molar-refractivity contribution in [1.82, 2.24) is 30.8 Å². The van der Waals surface area contributed by atoms with Gasteiger partial charge in [0.2, 0.25) is 17.0 Å². The lowest BCUT2D eigenvalue weighted by atomic mass is 9.53. The molecule has 10 nitrogen and oxygen atoms in total. The first-order valence-electron chi connectivity index (χ1n) is 11.3. The smallest absolute Gasteiger partial charge is 0.321 e. The van der Waals surface area contributed by atoms with Crippen LogP contribution in [0.5, 0.6) is 0 Å².